The van der Waals surface area contributed by atoms with Gasteiger partial charge in [-0.2, -0.15) is 0 Å². The van der Waals surface area contributed by atoms with E-state index in [0.29, 0.717) is 4.47 Å². The lowest BCUT2D eigenvalue weighted by molar-refractivity contribution is 0.158. The van der Waals surface area contributed by atoms with Gasteiger partial charge in [-0.25, -0.2) is 14.3 Å². The Kier molecular flexibility index (Phi) is 3.13. The van der Waals surface area contributed by atoms with Gasteiger partial charge in [0.15, 0.2) is 0 Å². The maximum absolute atomic E-state index is 12.9. The molecule has 0 saturated heterocycles. The van der Waals surface area contributed by atoms with Gasteiger partial charge in [0.2, 0.25) is 0 Å². The Morgan fingerprint density at radius 1 is 1.33 bits per heavy atom. The summed E-state index contributed by atoms with van der Waals surface area (Å²) >= 11 is 2.94. The topological polar surface area (TPSA) is 32.3 Å². The summed E-state index contributed by atoms with van der Waals surface area (Å²) in [6.45, 7) is -0.245. The lowest BCUT2D eigenvalue weighted by atomic mass is 10.2. The maximum atomic E-state index is 12.9. The van der Waals surface area contributed by atoms with Crippen LogP contribution in [-0.4, -0.2) is 5.21 Å². The Morgan fingerprint density at radius 3 is 2.25 bits per heavy atom. The smallest absolute Gasteiger partial charge is 0.131 e. The highest BCUT2D eigenvalue weighted by molar-refractivity contribution is 9.10. The fourth-order valence-corrected chi connectivity index (χ4v) is 1.22. The molecule has 0 aliphatic carbocycles. The molecule has 0 aliphatic rings. The standard InChI is InChI=1S/C7H6BrF2NO/c8-4-1-6(9)5(3-11-12)7(10)2-4/h1-2,11-12H,3H2. The molecular formula is C7H6BrF2NO. The van der Waals surface area contributed by atoms with E-state index in [-0.39, 0.29) is 12.1 Å². The minimum Gasteiger partial charge on any atom is -0.316 e. The lowest BCUT2D eigenvalue weighted by Gasteiger charge is -2.03. The van der Waals surface area contributed by atoms with Crippen molar-refractivity contribution < 1.29 is 14.0 Å². The van der Waals surface area contributed by atoms with E-state index in [1.54, 1.807) is 5.48 Å². The van der Waals surface area contributed by atoms with Crippen molar-refractivity contribution in [3.8, 4) is 0 Å². The number of hydrogen-bond acceptors (Lipinski definition) is 2. The molecule has 0 saturated carbocycles. The molecule has 1 aromatic rings. The first kappa shape index (κ1) is 9.57. The van der Waals surface area contributed by atoms with Crippen molar-refractivity contribution in [3.05, 3.63) is 33.8 Å². The molecular weight excluding hydrogens is 232 g/mol. The summed E-state index contributed by atoms with van der Waals surface area (Å²) in [4.78, 5) is 0. The van der Waals surface area contributed by atoms with Gasteiger partial charge in [0.1, 0.15) is 11.6 Å². The molecule has 2 N–H and O–H groups in total. The normalized spacial score (nSPS) is 10.3. The van der Waals surface area contributed by atoms with Crippen LogP contribution in [0.15, 0.2) is 16.6 Å². The van der Waals surface area contributed by atoms with E-state index in [1.807, 2.05) is 0 Å². The summed E-state index contributed by atoms with van der Waals surface area (Å²) in [6, 6.07) is 2.27. The molecule has 0 bridgehead atoms. The minimum absolute atomic E-state index is 0.180. The van der Waals surface area contributed by atoms with Crippen LogP contribution in [0.25, 0.3) is 0 Å². The van der Waals surface area contributed by atoms with Crippen LogP contribution in [0.2, 0.25) is 0 Å². The molecule has 12 heavy (non-hydrogen) atoms. The summed E-state index contributed by atoms with van der Waals surface area (Å²) in [7, 11) is 0. The molecule has 66 valence electrons. The molecule has 5 heteroatoms. The Morgan fingerprint density at radius 2 is 1.83 bits per heavy atom. The molecule has 0 aromatic heterocycles. The summed E-state index contributed by atoms with van der Waals surface area (Å²) < 4.78 is 26.1. The number of benzene rings is 1. The first-order valence-corrected chi connectivity index (χ1v) is 3.95. The summed E-state index contributed by atoms with van der Waals surface area (Å²) in [5.41, 5.74) is 1.51. The number of hydrogen-bond donors (Lipinski definition) is 2. The van der Waals surface area contributed by atoms with Crippen molar-refractivity contribution in [3.63, 3.8) is 0 Å². The first-order chi connectivity index (χ1) is 5.65. The fraction of sp³-hybridized carbons (Fsp3) is 0.143. The molecule has 1 rings (SSSR count). The predicted octanol–water partition coefficient (Wildman–Crippen LogP) is 2.21. The average molecular weight is 238 g/mol. The maximum Gasteiger partial charge on any atom is 0.131 e. The third-order valence-electron chi connectivity index (χ3n) is 1.36. The van der Waals surface area contributed by atoms with Crippen LogP contribution in [0, 0.1) is 11.6 Å². The van der Waals surface area contributed by atoms with Gasteiger partial charge in [-0.3, -0.25) is 0 Å². The SMILES string of the molecule is ONCc1c(F)cc(Br)cc1F. The second-order valence-corrected chi connectivity index (χ2v) is 3.10. The quantitative estimate of drug-likeness (QED) is 0.774. The molecule has 0 amide bonds. The van der Waals surface area contributed by atoms with Crippen molar-refractivity contribution >= 4 is 15.9 Å². The summed E-state index contributed by atoms with van der Waals surface area (Å²) in [5, 5.41) is 8.24. The monoisotopic (exact) mass is 237 g/mol. The second kappa shape index (κ2) is 3.93. The summed E-state index contributed by atoms with van der Waals surface area (Å²) in [6.07, 6.45) is 0. The van der Waals surface area contributed by atoms with E-state index in [9.17, 15) is 8.78 Å². The molecule has 0 unspecified atom stereocenters. The number of nitrogens with one attached hydrogen (secondary N) is 1. The second-order valence-electron chi connectivity index (χ2n) is 2.18. The lowest BCUT2D eigenvalue weighted by Crippen LogP contribution is -2.09. The molecule has 0 atom stereocenters. The van der Waals surface area contributed by atoms with Crippen molar-refractivity contribution in [2.45, 2.75) is 6.54 Å². The van der Waals surface area contributed by atoms with Gasteiger partial charge in [0.25, 0.3) is 0 Å². The van der Waals surface area contributed by atoms with Crippen molar-refractivity contribution in [1.82, 2.24) is 5.48 Å². The highest BCUT2D eigenvalue weighted by atomic mass is 79.9. The molecule has 0 radical (unpaired) electrons. The van der Waals surface area contributed by atoms with Gasteiger partial charge in [-0.1, -0.05) is 15.9 Å². The van der Waals surface area contributed by atoms with E-state index in [4.69, 9.17) is 5.21 Å². The fourth-order valence-electron chi connectivity index (χ4n) is 0.820. The van der Waals surface area contributed by atoms with Crippen LogP contribution in [0.3, 0.4) is 0 Å². The Balaban J connectivity index is 3.10. The van der Waals surface area contributed by atoms with E-state index in [2.05, 4.69) is 15.9 Å². The number of hydroxylamine groups is 1. The highest BCUT2D eigenvalue weighted by Crippen LogP contribution is 2.18. The largest absolute Gasteiger partial charge is 0.316 e. The van der Waals surface area contributed by atoms with Crippen LogP contribution in [-0.2, 0) is 6.54 Å². The zero-order valence-electron chi connectivity index (χ0n) is 5.94. The van der Waals surface area contributed by atoms with Crippen LogP contribution >= 0.6 is 15.9 Å². The Hall–Kier alpha value is -0.520. The summed E-state index contributed by atoms with van der Waals surface area (Å²) in [5.74, 6) is -1.38. The van der Waals surface area contributed by atoms with E-state index in [1.165, 1.54) is 0 Å². The van der Waals surface area contributed by atoms with Crippen LogP contribution < -0.4 is 5.48 Å². The van der Waals surface area contributed by atoms with Gasteiger partial charge in [0.05, 0.1) is 6.54 Å². The Labute approximate surface area is 76.3 Å². The third kappa shape index (κ3) is 2.00. The molecule has 0 aliphatic heterocycles. The average Bonchev–Trinajstić information content (AvgIpc) is 1.96. The molecule has 0 heterocycles. The van der Waals surface area contributed by atoms with Gasteiger partial charge in [0, 0.05) is 10.0 Å². The molecule has 2 nitrogen and oxygen atoms in total. The first-order valence-electron chi connectivity index (χ1n) is 3.15. The predicted molar refractivity (Wildman–Crippen MR) is 42.7 cm³/mol. The van der Waals surface area contributed by atoms with Gasteiger partial charge < -0.3 is 5.21 Å². The van der Waals surface area contributed by atoms with Crippen molar-refractivity contribution in [2.75, 3.05) is 0 Å². The Bertz CT molecular complexity index is 270. The van der Waals surface area contributed by atoms with Crippen LogP contribution in [0.4, 0.5) is 8.78 Å². The minimum atomic E-state index is -0.691. The van der Waals surface area contributed by atoms with Crippen LogP contribution in [0.5, 0.6) is 0 Å². The van der Waals surface area contributed by atoms with Gasteiger partial charge in [-0.05, 0) is 12.1 Å². The van der Waals surface area contributed by atoms with E-state index in [0.717, 1.165) is 12.1 Å². The van der Waals surface area contributed by atoms with Gasteiger partial charge in [-0.15, -0.1) is 0 Å². The molecule has 0 spiro atoms. The third-order valence-corrected chi connectivity index (χ3v) is 1.82. The van der Waals surface area contributed by atoms with E-state index < -0.39 is 11.6 Å². The number of rotatable bonds is 2. The van der Waals surface area contributed by atoms with E-state index >= 15 is 0 Å². The van der Waals surface area contributed by atoms with Crippen LogP contribution in [0.1, 0.15) is 5.56 Å². The zero-order chi connectivity index (χ0) is 9.14. The van der Waals surface area contributed by atoms with Crippen molar-refractivity contribution in [2.24, 2.45) is 0 Å². The molecule has 1 aromatic carbocycles. The van der Waals surface area contributed by atoms with Gasteiger partial charge >= 0.3 is 0 Å². The molecule has 0 fully saturated rings. The van der Waals surface area contributed by atoms with Crippen molar-refractivity contribution in [1.29, 1.82) is 0 Å². The highest BCUT2D eigenvalue weighted by Gasteiger charge is 2.08. The number of halogens is 3. The zero-order valence-corrected chi connectivity index (χ0v) is 7.53.